The number of carbonyl (C=O) groups excluding carboxylic acids is 2. The summed E-state index contributed by atoms with van der Waals surface area (Å²) in [5.41, 5.74) is 3.10. The molecule has 0 aliphatic carbocycles. The predicted octanol–water partition coefficient (Wildman–Crippen LogP) is 3.26. The molecule has 0 saturated heterocycles. The summed E-state index contributed by atoms with van der Waals surface area (Å²) in [6.07, 6.45) is 5.56. The number of hydrogen-bond acceptors (Lipinski definition) is 7. The lowest BCUT2D eigenvalue weighted by Crippen LogP contribution is -2.26. The van der Waals surface area contributed by atoms with Crippen molar-refractivity contribution < 1.29 is 14.3 Å². The summed E-state index contributed by atoms with van der Waals surface area (Å²) in [7, 11) is 3.34. The third-order valence-corrected chi connectivity index (χ3v) is 5.56. The van der Waals surface area contributed by atoms with E-state index >= 15 is 0 Å². The molecule has 4 aromatic rings. The topological polar surface area (TPSA) is 126 Å². The Bertz CT molecular complexity index is 1430. The number of aromatic nitrogens is 4. The fourth-order valence-corrected chi connectivity index (χ4v) is 3.76. The summed E-state index contributed by atoms with van der Waals surface area (Å²) < 4.78 is 6.95. The SMILES string of the molecule is COCCCn1c(NC(=O)c2cccc(C#N)c2)nc2cc(C(=O)N(C)Cc3ccncc3)cnc21. The number of nitriles is 1. The van der Waals surface area contributed by atoms with E-state index in [1.807, 2.05) is 18.2 Å². The summed E-state index contributed by atoms with van der Waals surface area (Å²) in [6.45, 7) is 1.45. The molecule has 0 bridgehead atoms. The van der Waals surface area contributed by atoms with Crippen LogP contribution in [0.1, 0.15) is 38.3 Å². The molecule has 0 spiro atoms. The molecule has 0 aliphatic rings. The van der Waals surface area contributed by atoms with Crippen molar-refractivity contribution >= 4 is 28.9 Å². The number of pyridine rings is 2. The molecule has 0 fully saturated rings. The van der Waals surface area contributed by atoms with Crippen molar-refractivity contribution in [1.29, 1.82) is 5.26 Å². The Morgan fingerprint density at radius 3 is 2.72 bits per heavy atom. The smallest absolute Gasteiger partial charge is 0.258 e. The third-order valence-electron chi connectivity index (χ3n) is 5.56. The summed E-state index contributed by atoms with van der Waals surface area (Å²) in [5, 5.41) is 12.0. The van der Waals surface area contributed by atoms with E-state index in [0.29, 0.717) is 59.9 Å². The normalized spacial score (nSPS) is 10.7. The van der Waals surface area contributed by atoms with Crippen LogP contribution in [0.15, 0.2) is 61.1 Å². The molecular weight excluding hydrogens is 458 g/mol. The second kappa shape index (κ2) is 11.2. The van der Waals surface area contributed by atoms with Crippen LogP contribution < -0.4 is 5.32 Å². The van der Waals surface area contributed by atoms with Crippen LogP contribution >= 0.6 is 0 Å². The first-order chi connectivity index (χ1) is 17.5. The number of hydrogen-bond donors (Lipinski definition) is 1. The van der Waals surface area contributed by atoms with Crippen LogP contribution in [-0.4, -0.2) is 57.0 Å². The minimum Gasteiger partial charge on any atom is -0.385 e. The zero-order valence-corrected chi connectivity index (χ0v) is 20.0. The maximum Gasteiger partial charge on any atom is 0.258 e. The number of carbonyl (C=O) groups is 2. The highest BCUT2D eigenvalue weighted by Crippen LogP contribution is 2.21. The minimum absolute atomic E-state index is 0.200. The summed E-state index contributed by atoms with van der Waals surface area (Å²) >= 11 is 0. The van der Waals surface area contributed by atoms with E-state index in [1.165, 1.54) is 12.3 Å². The van der Waals surface area contributed by atoms with Crippen LogP contribution in [0, 0.1) is 11.3 Å². The number of methoxy groups -OCH3 is 1. The van der Waals surface area contributed by atoms with Gasteiger partial charge in [-0.1, -0.05) is 6.07 Å². The fraction of sp³-hybridized carbons (Fsp3) is 0.231. The number of nitrogens with one attached hydrogen (secondary N) is 1. The number of aryl methyl sites for hydroxylation is 1. The Morgan fingerprint density at radius 2 is 1.97 bits per heavy atom. The molecule has 0 radical (unpaired) electrons. The van der Waals surface area contributed by atoms with Crippen molar-refractivity contribution in [3.05, 3.63) is 83.3 Å². The highest BCUT2D eigenvalue weighted by Gasteiger charge is 2.19. The fourth-order valence-electron chi connectivity index (χ4n) is 3.76. The molecule has 36 heavy (non-hydrogen) atoms. The molecule has 2 amide bonds. The maximum absolute atomic E-state index is 13.0. The Morgan fingerprint density at radius 1 is 1.17 bits per heavy atom. The molecule has 10 heteroatoms. The van der Waals surface area contributed by atoms with Crippen molar-refractivity contribution in [2.45, 2.75) is 19.5 Å². The first kappa shape index (κ1) is 24.5. The Kier molecular flexibility index (Phi) is 7.63. The van der Waals surface area contributed by atoms with Gasteiger partial charge in [-0.25, -0.2) is 9.97 Å². The first-order valence-electron chi connectivity index (χ1n) is 11.3. The van der Waals surface area contributed by atoms with Crippen molar-refractivity contribution in [2.75, 3.05) is 26.1 Å². The Balaban J connectivity index is 1.62. The van der Waals surface area contributed by atoms with Gasteiger partial charge >= 0.3 is 0 Å². The average Bonchev–Trinajstić information content (AvgIpc) is 3.24. The standard InChI is InChI=1S/C26H25N7O3/c1-32(17-18-7-9-28-10-8-18)25(35)21-14-22-23(29-16-21)33(11-4-12-36-2)26(30-22)31-24(34)20-6-3-5-19(13-20)15-27/h3,5-10,13-14,16H,4,11-12,17H2,1-2H3,(H,30,31,34). The summed E-state index contributed by atoms with van der Waals surface area (Å²) in [4.78, 5) is 40.6. The van der Waals surface area contributed by atoms with Gasteiger partial charge in [-0.3, -0.25) is 24.5 Å². The van der Waals surface area contributed by atoms with Crippen LogP contribution in [-0.2, 0) is 17.8 Å². The lowest BCUT2D eigenvalue weighted by atomic mass is 10.1. The molecule has 3 aromatic heterocycles. The van der Waals surface area contributed by atoms with E-state index in [2.05, 4.69) is 20.3 Å². The van der Waals surface area contributed by atoms with Crippen molar-refractivity contribution in [3.8, 4) is 6.07 Å². The zero-order chi connectivity index (χ0) is 25.5. The predicted molar refractivity (Wildman–Crippen MR) is 133 cm³/mol. The quantitative estimate of drug-likeness (QED) is 0.362. The highest BCUT2D eigenvalue weighted by molar-refractivity contribution is 6.04. The van der Waals surface area contributed by atoms with Gasteiger partial charge in [0.05, 0.1) is 17.2 Å². The molecule has 0 unspecified atom stereocenters. The summed E-state index contributed by atoms with van der Waals surface area (Å²) in [5.74, 6) is -0.298. The number of fused-ring (bicyclic) bond motifs is 1. The van der Waals surface area contributed by atoms with Gasteiger partial charge in [0.2, 0.25) is 5.95 Å². The van der Waals surface area contributed by atoms with Crippen LogP contribution in [0.4, 0.5) is 5.95 Å². The number of anilines is 1. The lowest BCUT2D eigenvalue weighted by Gasteiger charge is -2.17. The van der Waals surface area contributed by atoms with Gasteiger partial charge < -0.3 is 9.64 Å². The number of benzene rings is 1. The van der Waals surface area contributed by atoms with E-state index in [0.717, 1.165) is 5.56 Å². The van der Waals surface area contributed by atoms with Gasteiger partial charge in [0.1, 0.15) is 5.52 Å². The van der Waals surface area contributed by atoms with Crippen LogP contribution in [0.2, 0.25) is 0 Å². The lowest BCUT2D eigenvalue weighted by molar-refractivity contribution is 0.0784. The molecule has 1 aromatic carbocycles. The van der Waals surface area contributed by atoms with Gasteiger partial charge in [0, 0.05) is 58.0 Å². The Hall–Kier alpha value is -4.62. The minimum atomic E-state index is -0.399. The van der Waals surface area contributed by atoms with Gasteiger partial charge in [-0.05, 0) is 48.4 Å². The molecule has 0 aliphatic heterocycles. The number of rotatable bonds is 9. The number of nitrogens with zero attached hydrogens (tertiary/aromatic N) is 6. The molecule has 0 saturated carbocycles. The molecule has 3 heterocycles. The molecular formula is C26H25N7O3. The van der Waals surface area contributed by atoms with E-state index in [1.54, 1.807) is 60.3 Å². The molecule has 4 rings (SSSR count). The van der Waals surface area contributed by atoms with E-state index in [4.69, 9.17) is 10.00 Å². The van der Waals surface area contributed by atoms with Gasteiger partial charge in [0.15, 0.2) is 5.65 Å². The Labute approximate surface area is 208 Å². The number of amides is 2. The average molecular weight is 484 g/mol. The summed E-state index contributed by atoms with van der Waals surface area (Å²) in [6, 6.07) is 13.8. The van der Waals surface area contributed by atoms with Crippen LogP contribution in [0.25, 0.3) is 11.2 Å². The second-order valence-electron chi connectivity index (χ2n) is 8.16. The highest BCUT2D eigenvalue weighted by atomic mass is 16.5. The molecule has 0 atom stereocenters. The van der Waals surface area contributed by atoms with Crippen molar-refractivity contribution in [2.24, 2.45) is 0 Å². The molecule has 10 nitrogen and oxygen atoms in total. The number of imidazole rings is 1. The van der Waals surface area contributed by atoms with Gasteiger partial charge in [0.25, 0.3) is 11.8 Å². The zero-order valence-electron chi connectivity index (χ0n) is 20.0. The van der Waals surface area contributed by atoms with Crippen LogP contribution in [0.3, 0.4) is 0 Å². The largest absolute Gasteiger partial charge is 0.385 e. The van der Waals surface area contributed by atoms with E-state index in [-0.39, 0.29) is 5.91 Å². The molecule has 182 valence electrons. The van der Waals surface area contributed by atoms with Gasteiger partial charge in [-0.2, -0.15) is 5.26 Å². The van der Waals surface area contributed by atoms with Crippen molar-refractivity contribution in [3.63, 3.8) is 0 Å². The van der Waals surface area contributed by atoms with Gasteiger partial charge in [-0.15, -0.1) is 0 Å². The monoisotopic (exact) mass is 483 g/mol. The second-order valence-corrected chi connectivity index (χ2v) is 8.16. The first-order valence-corrected chi connectivity index (χ1v) is 11.3. The van der Waals surface area contributed by atoms with E-state index in [9.17, 15) is 9.59 Å². The van der Waals surface area contributed by atoms with E-state index < -0.39 is 5.91 Å². The number of ether oxygens (including phenoxy) is 1. The van der Waals surface area contributed by atoms with Crippen molar-refractivity contribution in [1.82, 2.24) is 24.4 Å². The maximum atomic E-state index is 13.0. The third kappa shape index (κ3) is 5.54. The van der Waals surface area contributed by atoms with Crippen LogP contribution in [0.5, 0.6) is 0 Å². The molecule has 1 N–H and O–H groups in total.